The van der Waals surface area contributed by atoms with E-state index in [0.29, 0.717) is 13.1 Å². The molecule has 0 aliphatic rings. The molecule has 0 bridgehead atoms. The Kier molecular flexibility index (Phi) is 11.9. The largest absolute Gasteiger partial charge is 0.351 e. The summed E-state index contributed by atoms with van der Waals surface area (Å²) in [4.78, 5) is 22.2. The summed E-state index contributed by atoms with van der Waals surface area (Å²) in [6, 6.07) is 0. The molecule has 0 radical (unpaired) electrons. The maximum Gasteiger partial charge on any atom is 0.243 e. The first-order valence-corrected chi connectivity index (χ1v) is 8.32. The fourth-order valence-corrected chi connectivity index (χ4v) is 2.45. The molecule has 1 atom stereocenters. The quantitative estimate of drug-likeness (QED) is 0.246. The van der Waals surface area contributed by atoms with Gasteiger partial charge in [-0.1, -0.05) is 20.1 Å². The van der Waals surface area contributed by atoms with Gasteiger partial charge in [0.1, 0.15) is 0 Å². The van der Waals surface area contributed by atoms with Gasteiger partial charge in [0.2, 0.25) is 11.8 Å². The van der Waals surface area contributed by atoms with Crippen molar-refractivity contribution in [2.75, 3.05) is 52.9 Å². The Morgan fingerprint density at radius 1 is 0.913 bits per heavy atom. The molecule has 23 heavy (non-hydrogen) atoms. The van der Waals surface area contributed by atoms with Crippen molar-refractivity contribution >= 4 is 11.8 Å². The van der Waals surface area contributed by atoms with Crippen LogP contribution in [0.2, 0.25) is 0 Å². The maximum atomic E-state index is 11.2. The van der Waals surface area contributed by atoms with E-state index in [2.05, 4.69) is 43.1 Å². The van der Waals surface area contributed by atoms with E-state index in [0.717, 1.165) is 50.0 Å². The van der Waals surface area contributed by atoms with Crippen LogP contribution in [0.25, 0.3) is 0 Å². The molecule has 0 rings (SSSR count). The van der Waals surface area contributed by atoms with Crippen molar-refractivity contribution in [1.29, 1.82) is 0 Å². The van der Waals surface area contributed by atoms with E-state index < -0.39 is 0 Å². The first-order valence-electron chi connectivity index (χ1n) is 8.32. The van der Waals surface area contributed by atoms with Crippen LogP contribution in [0.4, 0.5) is 0 Å². The van der Waals surface area contributed by atoms with E-state index in [9.17, 15) is 9.59 Å². The summed E-state index contributed by atoms with van der Waals surface area (Å²) in [5.74, 6) is -0.253. The van der Waals surface area contributed by atoms with Gasteiger partial charge in [0.25, 0.3) is 0 Å². The summed E-state index contributed by atoms with van der Waals surface area (Å²) >= 11 is 0. The lowest BCUT2D eigenvalue weighted by Crippen LogP contribution is -2.50. The molecule has 2 amide bonds. The number of carbonyl (C=O) groups excluding carboxylic acids is 2. The third-order valence-corrected chi connectivity index (χ3v) is 3.74. The first-order chi connectivity index (χ1) is 11.0. The molecular weight excluding hydrogens is 292 g/mol. The van der Waals surface area contributed by atoms with Crippen LogP contribution < -0.4 is 16.0 Å². The summed E-state index contributed by atoms with van der Waals surface area (Å²) in [6.07, 6.45) is 4.76. The Morgan fingerprint density at radius 2 is 1.52 bits per heavy atom. The van der Waals surface area contributed by atoms with Crippen molar-refractivity contribution in [3.05, 3.63) is 25.3 Å². The van der Waals surface area contributed by atoms with Gasteiger partial charge in [0.05, 0.1) is 33.2 Å². The monoisotopic (exact) mass is 325 g/mol. The van der Waals surface area contributed by atoms with Crippen molar-refractivity contribution in [2.45, 2.75) is 19.8 Å². The van der Waals surface area contributed by atoms with Crippen molar-refractivity contribution in [3.63, 3.8) is 0 Å². The molecule has 6 nitrogen and oxygen atoms in total. The van der Waals surface area contributed by atoms with Gasteiger partial charge in [0.15, 0.2) is 0 Å². The van der Waals surface area contributed by atoms with Crippen molar-refractivity contribution in [3.8, 4) is 0 Å². The highest BCUT2D eigenvalue weighted by atomic mass is 16.2. The molecule has 0 aliphatic carbocycles. The predicted octanol–water partition coefficient (Wildman–Crippen LogP) is 0.427. The second kappa shape index (κ2) is 12.8. The summed E-state index contributed by atoms with van der Waals surface area (Å²) in [7, 11) is 2.23. The molecule has 0 heterocycles. The van der Waals surface area contributed by atoms with Crippen LogP contribution in [0.15, 0.2) is 25.3 Å². The molecule has 0 aliphatic heterocycles. The van der Waals surface area contributed by atoms with Crippen molar-refractivity contribution < 1.29 is 14.1 Å². The Bertz CT molecular complexity index is 385. The van der Waals surface area contributed by atoms with Gasteiger partial charge in [-0.15, -0.1) is 0 Å². The zero-order valence-electron chi connectivity index (χ0n) is 14.7. The third kappa shape index (κ3) is 11.5. The van der Waals surface area contributed by atoms with Crippen LogP contribution in [-0.2, 0) is 9.59 Å². The number of carbonyl (C=O) groups is 2. The number of nitrogens with one attached hydrogen (secondary N) is 3. The summed E-state index contributed by atoms with van der Waals surface area (Å²) < 4.78 is 0.947. The van der Waals surface area contributed by atoms with Crippen molar-refractivity contribution in [2.24, 2.45) is 0 Å². The number of hydrogen-bond donors (Lipinski definition) is 3. The summed E-state index contributed by atoms with van der Waals surface area (Å²) in [5, 5.41) is 8.90. The molecule has 0 fully saturated rings. The number of rotatable bonds is 14. The van der Waals surface area contributed by atoms with E-state index in [1.807, 2.05) is 0 Å². The number of hydrogen-bond acceptors (Lipinski definition) is 3. The normalized spacial score (nSPS) is 13.0. The molecule has 6 heteroatoms. The van der Waals surface area contributed by atoms with Crippen LogP contribution >= 0.6 is 0 Å². The topological polar surface area (TPSA) is 70.2 Å². The highest BCUT2D eigenvalue weighted by Gasteiger charge is 2.19. The molecule has 0 aromatic carbocycles. The minimum absolute atomic E-state index is 0.115. The van der Waals surface area contributed by atoms with E-state index in [4.69, 9.17) is 0 Å². The van der Waals surface area contributed by atoms with Gasteiger partial charge in [-0.05, 0) is 18.6 Å². The van der Waals surface area contributed by atoms with E-state index in [1.54, 1.807) is 0 Å². The molecule has 0 saturated carbocycles. The zero-order chi connectivity index (χ0) is 17.6. The predicted molar refractivity (Wildman–Crippen MR) is 95.0 cm³/mol. The lowest BCUT2D eigenvalue weighted by molar-refractivity contribution is -0.908. The molecule has 1 unspecified atom stereocenters. The highest BCUT2D eigenvalue weighted by Crippen LogP contribution is 2.05. The Hall–Kier alpha value is -1.66. The number of likely N-dealkylation sites (N-methyl/N-ethyl adjacent to an activating group) is 1. The third-order valence-electron chi connectivity index (χ3n) is 3.74. The molecule has 3 N–H and O–H groups in total. The van der Waals surface area contributed by atoms with Crippen LogP contribution in [0.5, 0.6) is 0 Å². The van der Waals surface area contributed by atoms with Gasteiger partial charge < -0.3 is 20.4 Å². The van der Waals surface area contributed by atoms with Crippen LogP contribution in [-0.4, -0.2) is 69.2 Å². The maximum absolute atomic E-state index is 11.2. The minimum atomic E-state index is -0.138. The van der Waals surface area contributed by atoms with Crippen LogP contribution in [0.1, 0.15) is 19.8 Å². The molecule has 0 saturated heterocycles. The Balaban J connectivity index is 3.89. The Morgan fingerprint density at radius 3 is 2.09 bits per heavy atom. The fraction of sp³-hybridized carbons (Fsp3) is 0.647. The second-order valence-electron chi connectivity index (χ2n) is 5.88. The molecule has 132 valence electrons. The SMILES string of the molecule is C=CC(=O)NCCNCCC[N+](C)(CCC)CCNC(=O)C=C. The van der Waals surface area contributed by atoms with Gasteiger partial charge in [-0.2, -0.15) is 0 Å². The van der Waals surface area contributed by atoms with Gasteiger partial charge in [-0.25, -0.2) is 0 Å². The molecule has 0 aromatic heterocycles. The first kappa shape index (κ1) is 21.3. The fourth-order valence-electron chi connectivity index (χ4n) is 2.45. The number of quaternary nitrogens is 1. The lowest BCUT2D eigenvalue weighted by atomic mass is 10.2. The van der Waals surface area contributed by atoms with Crippen LogP contribution in [0, 0.1) is 0 Å². The van der Waals surface area contributed by atoms with Gasteiger partial charge in [-0.3, -0.25) is 9.59 Å². The summed E-state index contributed by atoms with van der Waals surface area (Å²) in [5.41, 5.74) is 0. The smallest absolute Gasteiger partial charge is 0.243 e. The average molecular weight is 325 g/mol. The average Bonchev–Trinajstić information content (AvgIpc) is 2.53. The van der Waals surface area contributed by atoms with E-state index in [1.165, 1.54) is 12.2 Å². The molecular formula is C17H33N4O2+. The number of nitrogens with zero attached hydrogens (tertiary/aromatic N) is 1. The Labute approximate surface area is 140 Å². The highest BCUT2D eigenvalue weighted by molar-refractivity contribution is 5.87. The lowest BCUT2D eigenvalue weighted by Gasteiger charge is -2.34. The van der Waals surface area contributed by atoms with Gasteiger partial charge in [0, 0.05) is 26.1 Å². The van der Waals surface area contributed by atoms with Gasteiger partial charge >= 0.3 is 0 Å². The van der Waals surface area contributed by atoms with Crippen LogP contribution in [0.3, 0.4) is 0 Å². The standard InChI is InChI=1S/C17H32N4O2/c1-5-13-21(4,15-12-20-17(23)7-3)14-8-9-18-10-11-19-16(22)6-2/h6-7,18H,2-3,5,8-15H2,1,4H3,(H-,19,20,22,23)/p+1. The van der Waals surface area contributed by atoms with E-state index >= 15 is 0 Å². The molecule has 0 aromatic rings. The molecule has 0 spiro atoms. The van der Waals surface area contributed by atoms with E-state index in [-0.39, 0.29) is 11.8 Å². The second-order valence-corrected chi connectivity index (χ2v) is 5.88. The zero-order valence-corrected chi connectivity index (χ0v) is 14.7. The minimum Gasteiger partial charge on any atom is -0.351 e. The summed E-state index contributed by atoms with van der Waals surface area (Å²) in [6.45, 7) is 15.1. The number of amides is 2. The van der Waals surface area contributed by atoms with Crippen molar-refractivity contribution in [1.82, 2.24) is 16.0 Å².